The molecule has 0 radical (unpaired) electrons. The zero-order chi connectivity index (χ0) is 14.3. The Morgan fingerprint density at radius 3 is 2.80 bits per heavy atom. The van der Waals surface area contributed by atoms with Gasteiger partial charge in [0, 0.05) is 9.17 Å². The molecule has 0 spiro atoms. The molecule has 1 atom stereocenters. The highest BCUT2D eigenvalue weighted by Gasteiger charge is 2.17. The minimum atomic E-state index is -0.266. The Kier molecular flexibility index (Phi) is 3.85. The van der Waals surface area contributed by atoms with E-state index in [1.807, 2.05) is 18.2 Å². The van der Waals surface area contributed by atoms with Crippen LogP contribution in [0.25, 0.3) is 10.1 Å². The smallest absolute Gasteiger partial charge is 0.126 e. The number of thiophene rings is 1. The lowest BCUT2D eigenvalue weighted by atomic mass is 10.0. The molecule has 0 N–H and O–H groups in total. The van der Waals surface area contributed by atoms with Gasteiger partial charge >= 0.3 is 0 Å². The van der Waals surface area contributed by atoms with E-state index < -0.39 is 0 Å². The number of hydrogen-bond acceptors (Lipinski definition) is 1. The highest BCUT2D eigenvalue weighted by molar-refractivity contribution is 9.10. The second-order valence-corrected chi connectivity index (χ2v) is 6.85. The Hall–Kier alpha value is -0.900. The van der Waals surface area contributed by atoms with Crippen molar-refractivity contribution in [2.45, 2.75) is 12.3 Å². The molecular weight excluding hydrogens is 359 g/mol. The van der Waals surface area contributed by atoms with Gasteiger partial charge in [-0.15, -0.1) is 22.9 Å². The average molecular weight is 370 g/mol. The van der Waals surface area contributed by atoms with Crippen molar-refractivity contribution in [2.24, 2.45) is 0 Å². The van der Waals surface area contributed by atoms with Gasteiger partial charge in [0.25, 0.3) is 0 Å². The Morgan fingerprint density at radius 2 is 2.05 bits per heavy atom. The molecule has 0 bridgehead atoms. The molecule has 0 fully saturated rings. The van der Waals surface area contributed by atoms with E-state index in [9.17, 15) is 4.39 Å². The highest BCUT2D eigenvalue weighted by atomic mass is 79.9. The first-order valence-electron chi connectivity index (χ1n) is 6.13. The standard InChI is InChI=1S/C16H11BrClFS/c1-9-7-10(5-6-14(9)19)15(18)12-8-20-16-11(12)3-2-4-13(16)17/h2-8,15H,1H3. The second-order valence-electron chi connectivity index (χ2n) is 4.68. The molecule has 1 unspecified atom stereocenters. The highest BCUT2D eigenvalue weighted by Crippen LogP contribution is 2.40. The Labute approximate surface area is 134 Å². The monoisotopic (exact) mass is 368 g/mol. The normalized spacial score (nSPS) is 12.8. The Balaban J connectivity index is 2.10. The van der Waals surface area contributed by atoms with Gasteiger partial charge in [0.15, 0.2) is 0 Å². The average Bonchev–Trinajstić information content (AvgIpc) is 2.86. The summed E-state index contributed by atoms with van der Waals surface area (Å²) < 4.78 is 15.6. The fourth-order valence-electron chi connectivity index (χ4n) is 2.24. The van der Waals surface area contributed by atoms with Crippen molar-refractivity contribution in [3.63, 3.8) is 0 Å². The van der Waals surface area contributed by atoms with Gasteiger partial charge in [-0.05, 0) is 62.4 Å². The van der Waals surface area contributed by atoms with E-state index in [0.29, 0.717) is 5.56 Å². The van der Waals surface area contributed by atoms with Crippen LogP contribution in [0.5, 0.6) is 0 Å². The zero-order valence-corrected chi connectivity index (χ0v) is 13.8. The summed E-state index contributed by atoms with van der Waals surface area (Å²) in [4.78, 5) is 0. The summed E-state index contributed by atoms with van der Waals surface area (Å²) in [6.45, 7) is 1.75. The van der Waals surface area contributed by atoms with Crippen LogP contribution in [0.2, 0.25) is 0 Å². The van der Waals surface area contributed by atoms with E-state index >= 15 is 0 Å². The maximum absolute atomic E-state index is 13.4. The molecule has 0 amide bonds. The molecule has 0 saturated carbocycles. The number of hydrogen-bond donors (Lipinski definition) is 0. The van der Waals surface area contributed by atoms with Gasteiger partial charge in [0.2, 0.25) is 0 Å². The van der Waals surface area contributed by atoms with Crippen LogP contribution in [0.15, 0.2) is 46.3 Å². The van der Waals surface area contributed by atoms with Gasteiger partial charge in [-0.1, -0.05) is 24.3 Å². The second kappa shape index (κ2) is 5.47. The summed E-state index contributed by atoms with van der Waals surface area (Å²) in [5.74, 6) is -0.199. The molecule has 3 rings (SSSR count). The van der Waals surface area contributed by atoms with Crippen molar-refractivity contribution >= 4 is 49.0 Å². The van der Waals surface area contributed by atoms with Crippen LogP contribution < -0.4 is 0 Å². The van der Waals surface area contributed by atoms with Crippen LogP contribution in [-0.2, 0) is 0 Å². The number of fused-ring (bicyclic) bond motifs is 1. The largest absolute Gasteiger partial charge is 0.207 e. The van der Waals surface area contributed by atoms with Gasteiger partial charge in [0.05, 0.1) is 5.38 Å². The minimum Gasteiger partial charge on any atom is -0.207 e. The third kappa shape index (κ3) is 2.39. The quantitative estimate of drug-likeness (QED) is 0.456. The summed E-state index contributed by atoms with van der Waals surface area (Å²) in [6.07, 6.45) is 0. The number of rotatable bonds is 2. The van der Waals surface area contributed by atoms with Crippen LogP contribution in [0.3, 0.4) is 0 Å². The first kappa shape index (κ1) is 14.1. The van der Waals surface area contributed by atoms with Gasteiger partial charge in [-0.2, -0.15) is 0 Å². The number of halogens is 3. The molecule has 20 heavy (non-hydrogen) atoms. The summed E-state index contributed by atoms with van der Waals surface area (Å²) in [6, 6.07) is 11.1. The maximum atomic E-state index is 13.4. The molecule has 4 heteroatoms. The zero-order valence-electron chi connectivity index (χ0n) is 10.7. The predicted octanol–water partition coefficient (Wildman–Crippen LogP) is 6.44. The molecule has 1 aromatic heterocycles. The van der Waals surface area contributed by atoms with Crippen molar-refractivity contribution < 1.29 is 4.39 Å². The van der Waals surface area contributed by atoms with Crippen LogP contribution in [0, 0.1) is 12.7 Å². The minimum absolute atomic E-state index is 0.199. The van der Waals surface area contributed by atoms with Crippen LogP contribution in [0.4, 0.5) is 4.39 Å². The van der Waals surface area contributed by atoms with Crippen molar-refractivity contribution in [1.29, 1.82) is 0 Å². The fourth-order valence-corrected chi connectivity index (χ4v) is 4.28. The van der Waals surface area contributed by atoms with Crippen molar-refractivity contribution in [3.05, 3.63) is 68.8 Å². The first-order chi connectivity index (χ1) is 9.58. The van der Waals surface area contributed by atoms with Crippen molar-refractivity contribution in [2.75, 3.05) is 0 Å². The molecule has 0 saturated heterocycles. The van der Waals surface area contributed by atoms with Gasteiger partial charge in [-0.3, -0.25) is 0 Å². The van der Waals surface area contributed by atoms with E-state index in [1.54, 1.807) is 24.3 Å². The lowest BCUT2D eigenvalue weighted by Gasteiger charge is -2.10. The number of alkyl halides is 1. The molecule has 0 aliphatic carbocycles. The SMILES string of the molecule is Cc1cc(C(Cl)c2csc3c(Br)cccc23)ccc1F. The summed E-state index contributed by atoms with van der Waals surface area (Å²) >= 11 is 11.8. The Morgan fingerprint density at radius 1 is 1.25 bits per heavy atom. The van der Waals surface area contributed by atoms with Gasteiger partial charge in [-0.25, -0.2) is 4.39 Å². The van der Waals surface area contributed by atoms with Crippen LogP contribution >= 0.6 is 38.9 Å². The molecule has 3 aromatic rings. The Bertz CT molecular complexity index is 781. The number of aryl methyl sites for hydroxylation is 1. The summed E-state index contributed by atoms with van der Waals surface area (Å²) in [7, 11) is 0. The van der Waals surface area contributed by atoms with E-state index in [0.717, 1.165) is 21.0 Å². The van der Waals surface area contributed by atoms with Crippen molar-refractivity contribution in [1.82, 2.24) is 0 Å². The summed E-state index contributed by atoms with van der Waals surface area (Å²) in [5.41, 5.74) is 2.61. The lowest BCUT2D eigenvalue weighted by molar-refractivity contribution is 0.617. The van der Waals surface area contributed by atoms with E-state index in [4.69, 9.17) is 11.6 Å². The molecule has 0 aliphatic rings. The third-order valence-corrected chi connectivity index (χ3v) is 5.79. The molecular formula is C16H11BrClFS. The predicted molar refractivity (Wildman–Crippen MR) is 88.4 cm³/mol. The van der Waals surface area contributed by atoms with Gasteiger partial charge in [0.1, 0.15) is 5.82 Å². The first-order valence-corrected chi connectivity index (χ1v) is 8.24. The number of benzene rings is 2. The molecule has 1 heterocycles. The van der Waals surface area contributed by atoms with E-state index in [1.165, 1.54) is 10.8 Å². The summed E-state index contributed by atoms with van der Waals surface area (Å²) in [5, 5.41) is 2.95. The molecule has 102 valence electrons. The third-order valence-electron chi connectivity index (χ3n) is 3.33. The molecule has 0 nitrogen and oxygen atoms in total. The van der Waals surface area contributed by atoms with Crippen LogP contribution in [0.1, 0.15) is 22.1 Å². The molecule has 0 aliphatic heterocycles. The van der Waals surface area contributed by atoms with E-state index in [2.05, 4.69) is 27.4 Å². The topological polar surface area (TPSA) is 0 Å². The molecule has 2 aromatic carbocycles. The maximum Gasteiger partial charge on any atom is 0.126 e. The van der Waals surface area contributed by atoms with Crippen molar-refractivity contribution in [3.8, 4) is 0 Å². The van der Waals surface area contributed by atoms with E-state index in [-0.39, 0.29) is 11.2 Å². The lowest BCUT2D eigenvalue weighted by Crippen LogP contribution is -1.94. The van der Waals surface area contributed by atoms with Crippen LogP contribution in [-0.4, -0.2) is 0 Å². The fraction of sp³-hybridized carbons (Fsp3) is 0.125. The van der Waals surface area contributed by atoms with Gasteiger partial charge < -0.3 is 0 Å².